The Kier molecular flexibility index (Phi) is 4.87. The van der Waals surface area contributed by atoms with Crippen molar-refractivity contribution in [1.29, 1.82) is 0 Å². The molecule has 0 amide bonds. The summed E-state index contributed by atoms with van der Waals surface area (Å²) in [7, 11) is 1.49. The normalized spacial score (nSPS) is 14.9. The Morgan fingerprint density at radius 1 is 1.47 bits per heavy atom. The van der Waals surface area contributed by atoms with Crippen molar-refractivity contribution in [1.82, 2.24) is 0 Å². The molecule has 1 aromatic rings. The summed E-state index contributed by atoms with van der Waals surface area (Å²) < 4.78 is 36.9. The Morgan fingerprint density at radius 2 is 2.07 bits per heavy atom. The molecule has 1 N–H and O–H groups in total. The maximum Gasteiger partial charge on any atom is 0.155 e. The van der Waals surface area contributed by atoms with Gasteiger partial charge < -0.3 is 9.29 Å². The quantitative estimate of drug-likeness (QED) is 0.784. The first-order chi connectivity index (χ1) is 7.11. The third-order valence-corrected chi connectivity index (χ3v) is 2.70. The van der Waals surface area contributed by atoms with Crippen molar-refractivity contribution in [2.45, 2.75) is 12.5 Å². The van der Waals surface area contributed by atoms with E-state index < -0.39 is 11.1 Å². The third kappa shape index (κ3) is 4.51. The van der Waals surface area contributed by atoms with Gasteiger partial charge in [-0.15, -0.1) is 0 Å². The largest absolute Gasteiger partial charge is 0.380 e. The van der Waals surface area contributed by atoms with Gasteiger partial charge in [0.2, 0.25) is 0 Å². The highest BCUT2D eigenvalue weighted by atomic mass is 32.2. The summed E-state index contributed by atoms with van der Waals surface area (Å²) in [6.07, 6.45) is 0.185. The molecule has 2 unspecified atom stereocenters. The fourth-order valence-electron chi connectivity index (χ4n) is 1.25. The highest BCUT2D eigenvalue weighted by Crippen LogP contribution is 2.08. The van der Waals surface area contributed by atoms with Crippen LogP contribution in [0.25, 0.3) is 0 Å². The standard InChI is InChI=1S/C10H13FO3S/c1-14-10(7-15(12)13)6-8-2-4-9(11)5-3-8/h2-5,10H,6-7H2,1H3,(H,12,13). The molecule has 5 heteroatoms. The monoisotopic (exact) mass is 232 g/mol. The van der Waals surface area contributed by atoms with E-state index >= 15 is 0 Å². The number of halogens is 1. The molecule has 0 fully saturated rings. The second kappa shape index (κ2) is 5.95. The Hall–Kier alpha value is -0.780. The zero-order valence-electron chi connectivity index (χ0n) is 8.35. The minimum Gasteiger partial charge on any atom is -0.380 e. The van der Waals surface area contributed by atoms with Crippen LogP contribution in [0.3, 0.4) is 0 Å². The van der Waals surface area contributed by atoms with Crippen LogP contribution in [0.2, 0.25) is 0 Å². The molecule has 0 heterocycles. The molecule has 84 valence electrons. The van der Waals surface area contributed by atoms with Gasteiger partial charge in [0.05, 0.1) is 11.9 Å². The molecule has 2 atom stereocenters. The predicted molar refractivity (Wildman–Crippen MR) is 56.5 cm³/mol. The van der Waals surface area contributed by atoms with E-state index in [0.29, 0.717) is 6.42 Å². The lowest BCUT2D eigenvalue weighted by molar-refractivity contribution is 0.120. The van der Waals surface area contributed by atoms with Crippen molar-refractivity contribution >= 4 is 11.1 Å². The molecular formula is C10H13FO3S. The summed E-state index contributed by atoms with van der Waals surface area (Å²) in [4.78, 5) is 0. The molecule has 0 saturated heterocycles. The molecule has 0 aromatic heterocycles. The van der Waals surface area contributed by atoms with Gasteiger partial charge in [0.25, 0.3) is 0 Å². The van der Waals surface area contributed by atoms with Crippen molar-refractivity contribution in [2.75, 3.05) is 12.9 Å². The van der Waals surface area contributed by atoms with Gasteiger partial charge in [-0.1, -0.05) is 12.1 Å². The van der Waals surface area contributed by atoms with Gasteiger partial charge in [-0.25, -0.2) is 8.60 Å². The predicted octanol–water partition coefficient (Wildman–Crippen LogP) is 1.60. The van der Waals surface area contributed by atoms with E-state index in [4.69, 9.17) is 9.29 Å². The SMILES string of the molecule is COC(Cc1ccc(F)cc1)CS(=O)O. The summed E-state index contributed by atoms with van der Waals surface area (Å²) in [6.45, 7) is 0. The highest BCUT2D eigenvalue weighted by molar-refractivity contribution is 7.79. The topological polar surface area (TPSA) is 46.5 Å². The van der Waals surface area contributed by atoms with E-state index in [0.717, 1.165) is 5.56 Å². The lowest BCUT2D eigenvalue weighted by atomic mass is 10.1. The number of ether oxygens (including phenoxy) is 1. The maximum absolute atomic E-state index is 12.6. The highest BCUT2D eigenvalue weighted by Gasteiger charge is 2.11. The van der Waals surface area contributed by atoms with E-state index in [1.165, 1.54) is 19.2 Å². The van der Waals surface area contributed by atoms with Crippen LogP contribution in [0, 0.1) is 5.82 Å². The van der Waals surface area contributed by atoms with Gasteiger partial charge in [0.1, 0.15) is 5.82 Å². The number of rotatable bonds is 5. The van der Waals surface area contributed by atoms with Gasteiger partial charge >= 0.3 is 0 Å². The first kappa shape index (κ1) is 12.3. The molecule has 0 bridgehead atoms. The molecule has 1 aromatic carbocycles. The van der Waals surface area contributed by atoms with Crippen LogP contribution >= 0.6 is 0 Å². The minimum atomic E-state index is -1.87. The fraction of sp³-hybridized carbons (Fsp3) is 0.400. The first-order valence-corrected chi connectivity index (χ1v) is 5.74. The lowest BCUT2D eigenvalue weighted by Gasteiger charge is -2.12. The fourth-order valence-corrected chi connectivity index (χ4v) is 1.82. The Bertz CT molecular complexity index is 326. The second-order valence-electron chi connectivity index (χ2n) is 3.18. The van der Waals surface area contributed by atoms with E-state index in [-0.39, 0.29) is 17.7 Å². The van der Waals surface area contributed by atoms with Gasteiger partial charge in [0.15, 0.2) is 11.1 Å². The molecule has 1 rings (SSSR count). The van der Waals surface area contributed by atoms with E-state index in [1.54, 1.807) is 12.1 Å². The van der Waals surface area contributed by atoms with Gasteiger partial charge in [0, 0.05) is 7.11 Å². The average Bonchev–Trinajstić information content (AvgIpc) is 2.19. The maximum atomic E-state index is 12.6. The van der Waals surface area contributed by atoms with Crippen LogP contribution in [0.5, 0.6) is 0 Å². The summed E-state index contributed by atoms with van der Waals surface area (Å²) >= 11 is -1.87. The first-order valence-electron chi connectivity index (χ1n) is 4.46. The van der Waals surface area contributed by atoms with Crippen LogP contribution in [-0.2, 0) is 22.2 Å². The lowest BCUT2D eigenvalue weighted by Crippen LogP contribution is -2.21. The second-order valence-corrected chi connectivity index (χ2v) is 4.15. The molecule has 0 aliphatic carbocycles. The van der Waals surface area contributed by atoms with Crippen LogP contribution in [-0.4, -0.2) is 27.7 Å². The van der Waals surface area contributed by atoms with E-state index in [1.807, 2.05) is 0 Å². The third-order valence-electron chi connectivity index (χ3n) is 2.04. The summed E-state index contributed by atoms with van der Waals surface area (Å²) in [5.74, 6) is -0.230. The van der Waals surface area contributed by atoms with Crippen molar-refractivity contribution < 1.29 is 17.9 Å². The van der Waals surface area contributed by atoms with E-state index in [9.17, 15) is 8.60 Å². The smallest absolute Gasteiger partial charge is 0.155 e. The number of hydrogen-bond acceptors (Lipinski definition) is 2. The number of benzene rings is 1. The average molecular weight is 232 g/mol. The van der Waals surface area contributed by atoms with Crippen LogP contribution < -0.4 is 0 Å². The molecule has 0 spiro atoms. The summed E-state index contributed by atoms with van der Waals surface area (Å²) in [5, 5.41) is 0. The Morgan fingerprint density at radius 3 is 2.53 bits per heavy atom. The van der Waals surface area contributed by atoms with Gasteiger partial charge in [-0.3, -0.25) is 0 Å². The van der Waals surface area contributed by atoms with Crippen LogP contribution in [0.1, 0.15) is 5.56 Å². The van der Waals surface area contributed by atoms with Crippen molar-refractivity contribution in [3.8, 4) is 0 Å². The van der Waals surface area contributed by atoms with Crippen LogP contribution in [0.15, 0.2) is 24.3 Å². The number of methoxy groups -OCH3 is 1. The zero-order chi connectivity index (χ0) is 11.3. The minimum absolute atomic E-state index is 0.0634. The summed E-state index contributed by atoms with van der Waals surface area (Å²) in [6, 6.07) is 6.00. The van der Waals surface area contributed by atoms with Crippen LogP contribution in [0.4, 0.5) is 4.39 Å². The van der Waals surface area contributed by atoms with Crippen molar-refractivity contribution in [3.63, 3.8) is 0 Å². The molecule has 3 nitrogen and oxygen atoms in total. The molecule has 0 saturated carbocycles. The summed E-state index contributed by atoms with van der Waals surface area (Å²) in [5.41, 5.74) is 0.883. The molecule has 0 aliphatic heterocycles. The Balaban J connectivity index is 2.58. The molecular weight excluding hydrogens is 219 g/mol. The van der Waals surface area contributed by atoms with Gasteiger partial charge in [-0.05, 0) is 24.1 Å². The zero-order valence-corrected chi connectivity index (χ0v) is 9.17. The molecule has 0 radical (unpaired) electrons. The van der Waals surface area contributed by atoms with E-state index in [2.05, 4.69) is 0 Å². The molecule has 15 heavy (non-hydrogen) atoms. The van der Waals surface area contributed by atoms with Crippen molar-refractivity contribution in [2.24, 2.45) is 0 Å². The van der Waals surface area contributed by atoms with Crippen molar-refractivity contribution in [3.05, 3.63) is 35.6 Å². The molecule has 0 aliphatic rings. The Labute approximate surface area is 90.5 Å². The number of hydrogen-bond donors (Lipinski definition) is 1. The van der Waals surface area contributed by atoms with Gasteiger partial charge in [-0.2, -0.15) is 0 Å².